The highest BCUT2D eigenvalue weighted by molar-refractivity contribution is 7.91. The van der Waals surface area contributed by atoms with Gasteiger partial charge in [0.1, 0.15) is 11.3 Å². The molecule has 3 heterocycles. The summed E-state index contributed by atoms with van der Waals surface area (Å²) in [5.41, 5.74) is 0.827. The van der Waals surface area contributed by atoms with E-state index >= 15 is 0 Å². The first kappa shape index (κ1) is 18.5. The second-order valence-electron chi connectivity index (χ2n) is 7.78. The van der Waals surface area contributed by atoms with E-state index in [0.29, 0.717) is 5.75 Å². The zero-order chi connectivity index (χ0) is 19.0. The van der Waals surface area contributed by atoms with E-state index in [1.807, 2.05) is 37.3 Å². The van der Waals surface area contributed by atoms with Crippen molar-refractivity contribution in [3.63, 3.8) is 0 Å². The van der Waals surface area contributed by atoms with E-state index in [-0.39, 0.29) is 29.7 Å². The highest BCUT2D eigenvalue weighted by atomic mass is 32.2. The first-order chi connectivity index (χ1) is 12.9. The Balaban J connectivity index is 1.31. The van der Waals surface area contributed by atoms with Gasteiger partial charge in [0.15, 0.2) is 9.84 Å². The number of para-hydroxylation sites is 1. The molecule has 0 bridgehead atoms. The Morgan fingerprint density at radius 2 is 1.96 bits per heavy atom. The Labute approximate surface area is 159 Å². The predicted molar refractivity (Wildman–Crippen MR) is 104 cm³/mol. The lowest BCUT2D eigenvalue weighted by molar-refractivity contribution is -0.127. The number of hydrogen-bond acceptors (Lipinski definition) is 5. The molecule has 1 N–H and O–H groups in total. The van der Waals surface area contributed by atoms with Gasteiger partial charge in [0.05, 0.1) is 17.5 Å². The Bertz CT molecular complexity index is 895. The molecule has 0 spiro atoms. The number of benzene rings is 1. The molecular formula is C20H26N2O4S. The van der Waals surface area contributed by atoms with E-state index in [0.717, 1.165) is 49.1 Å². The molecule has 0 saturated carbocycles. The third-order valence-electron chi connectivity index (χ3n) is 5.86. The Morgan fingerprint density at radius 1 is 1.22 bits per heavy atom. The number of likely N-dealkylation sites (tertiary alicyclic amines) is 1. The molecule has 1 amide bonds. The number of amides is 1. The molecule has 2 fully saturated rings. The van der Waals surface area contributed by atoms with Gasteiger partial charge in [-0.05, 0) is 51.4 Å². The van der Waals surface area contributed by atoms with Crippen molar-refractivity contribution in [3.05, 3.63) is 36.1 Å². The van der Waals surface area contributed by atoms with Crippen molar-refractivity contribution in [1.82, 2.24) is 10.2 Å². The van der Waals surface area contributed by atoms with Crippen molar-refractivity contribution in [2.24, 2.45) is 5.92 Å². The van der Waals surface area contributed by atoms with Crippen LogP contribution in [0, 0.1) is 5.92 Å². The molecule has 1 aromatic carbocycles. The smallest absolute Gasteiger partial charge is 0.223 e. The van der Waals surface area contributed by atoms with Gasteiger partial charge < -0.3 is 9.73 Å². The quantitative estimate of drug-likeness (QED) is 0.868. The van der Waals surface area contributed by atoms with E-state index in [4.69, 9.17) is 4.42 Å². The van der Waals surface area contributed by atoms with Crippen LogP contribution in [0.25, 0.3) is 11.0 Å². The van der Waals surface area contributed by atoms with Crippen LogP contribution in [0.4, 0.5) is 0 Å². The predicted octanol–water partition coefficient (Wildman–Crippen LogP) is 2.51. The number of fused-ring (bicyclic) bond motifs is 1. The van der Waals surface area contributed by atoms with Crippen LogP contribution in [0.5, 0.6) is 0 Å². The van der Waals surface area contributed by atoms with Gasteiger partial charge in [0.2, 0.25) is 5.91 Å². The summed E-state index contributed by atoms with van der Waals surface area (Å²) in [5.74, 6) is 1.37. The number of rotatable bonds is 4. The molecule has 2 saturated heterocycles. The van der Waals surface area contributed by atoms with Gasteiger partial charge in [-0.2, -0.15) is 0 Å². The van der Waals surface area contributed by atoms with E-state index in [1.165, 1.54) is 0 Å². The van der Waals surface area contributed by atoms with Crippen LogP contribution in [-0.4, -0.2) is 49.9 Å². The fourth-order valence-corrected chi connectivity index (χ4v) is 5.97. The number of piperidine rings is 1. The van der Waals surface area contributed by atoms with Gasteiger partial charge in [-0.25, -0.2) is 8.42 Å². The Morgan fingerprint density at radius 3 is 2.63 bits per heavy atom. The third kappa shape index (κ3) is 4.04. The second kappa shape index (κ2) is 7.28. The summed E-state index contributed by atoms with van der Waals surface area (Å²) in [7, 11) is -2.86. The van der Waals surface area contributed by atoms with Crippen molar-refractivity contribution >= 4 is 26.7 Å². The molecule has 2 atom stereocenters. The number of furan rings is 1. The van der Waals surface area contributed by atoms with Crippen LogP contribution >= 0.6 is 0 Å². The molecule has 2 aromatic rings. The molecule has 1 aromatic heterocycles. The third-order valence-corrected chi connectivity index (χ3v) is 7.61. The SMILES string of the molecule is C[C@H](NC(=O)C1CCN([C@@H]2CCS(=O)(=O)C2)CC1)c1cc2ccccc2o1. The van der Waals surface area contributed by atoms with Crippen molar-refractivity contribution in [3.8, 4) is 0 Å². The maximum Gasteiger partial charge on any atom is 0.223 e. The number of sulfone groups is 1. The van der Waals surface area contributed by atoms with Crippen LogP contribution in [0.15, 0.2) is 34.7 Å². The summed E-state index contributed by atoms with van der Waals surface area (Å²) in [6.45, 7) is 3.52. The summed E-state index contributed by atoms with van der Waals surface area (Å²) in [6, 6.07) is 9.75. The first-order valence-corrected chi connectivity index (χ1v) is 11.5. The van der Waals surface area contributed by atoms with Gasteiger partial charge in [0.25, 0.3) is 0 Å². The average Bonchev–Trinajstić information content (AvgIpc) is 3.25. The number of carbonyl (C=O) groups excluding carboxylic acids is 1. The maximum atomic E-state index is 12.7. The summed E-state index contributed by atoms with van der Waals surface area (Å²) in [4.78, 5) is 14.9. The molecule has 27 heavy (non-hydrogen) atoms. The summed E-state index contributed by atoms with van der Waals surface area (Å²) < 4.78 is 29.2. The standard InChI is InChI=1S/C20H26N2O4S/c1-14(19-12-16-4-2-3-5-18(16)26-19)21-20(23)15-6-9-22(10-7-15)17-8-11-27(24,25)13-17/h2-5,12,14-15,17H,6-11,13H2,1H3,(H,21,23)/t14-,17+/m0/s1. The minimum Gasteiger partial charge on any atom is -0.459 e. The fourth-order valence-electron chi connectivity index (χ4n) is 4.21. The maximum absolute atomic E-state index is 12.7. The summed E-state index contributed by atoms with van der Waals surface area (Å²) in [5, 5.41) is 4.11. The highest BCUT2D eigenvalue weighted by Gasteiger charge is 2.35. The van der Waals surface area contributed by atoms with Crippen LogP contribution in [0.1, 0.15) is 38.0 Å². The molecule has 4 rings (SSSR count). The molecule has 146 valence electrons. The molecule has 2 aliphatic heterocycles. The van der Waals surface area contributed by atoms with Crippen molar-refractivity contribution in [2.45, 2.75) is 38.3 Å². The zero-order valence-corrected chi connectivity index (χ0v) is 16.4. The fraction of sp³-hybridized carbons (Fsp3) is 0.550. The van der Waals surface area contributed by atoms with Crippen molar-refractivity contribution < 1.29 is 17.6 Å². The molecule has 7 heteroatoms. The van der Waals surface area contributed by atoms with Gasteiger partial charge in [-0.15, -0.1) is 0 Å². The first-order valence-electron chi connectivity index (χ1n) is 9.64. The van der Waals surface area contributed by atoms with Crippen LogP contribution < -0.4 is 5.32 Å². The van der Waals surface area contributed by atoms with Gasteiger partial charge in [-0.3, -0.25) is 9.69 Å². The van der Waals surface area contributed by atoms with E-state index < -0.39 is 9.84 Å². The van der Waals surface area contributed by atoms with Crippen LogP contribution in [-0.2, 0) is 14.6 Å². The van der Waals surface area contributed by atoms with E-state index in [1.54, 1.807) is 0 Å². The topological polar surface area (TPSA) is 79.6 Å². The normalized spacial score (nSPS) is 24.9. The Hall–Kier alpha value is -1.86. The lowest BCUT2D eigenvalue weighted by Gasteiger charge is -2.35. The number of carbonyl (C=O) groups is 1. The average molecular weight is 391 g/mol. The molecule has 0 radical (unpaired) electrons. The minimum absolute atomic E-state index is 0.0221. The van der Waals surface area contributed by atoms with Crippen LogP contribution in [0.3, 0.4) is 0 Å². The molecule has 0 unspecified atom stereocenters. The summed E-state index contributed by atoms with van der Waals surface area (Å²) >= 11 is 0. The van der Waals surface area contributed by atoms with Crippen molar-refractivity contribution in [2.75, 3.05) is 24.6 Å². The van der Waals surface area contributed by atoms with E-state index in [9.17, 15) is 13.2 Å². The number of nitrogens with zero attached hydrogens (tertiary/aromatic N) is 1. The molecule has 6 nitrogen and oxygen atoms in total. The highest BCUT2D eigenvalue weighted by Crippen LogP contribution is 2.27. The summed E-state index contributed by atoms with van der Waals surface area (Å²) in [6.07, 6.45) is 2.27. The molecular weight excluding hydrogens is 364 g/mol. The molecule has 0 aliphatic carbocycles. The van der Waals surface area contributed by atoms with Crippen LogP contribution in [0.2, 0.25) is 0 Å². The second-order valence-corrected chi connectivity index (χ2v) is 10.0. The zero-order valence-electron chi connectivity index (χ0n) is 15.6. The molecule has 2 aliphatic rings. The van der Waals surface area contributed by atoms with Gasteiger partial charge in [-0.1, -0.05) is 18.2 Å². The lowest BCUT2D eigenvalue weighted by Crippen LogP contribution is -2.45. The lowest BCUT2D eigenvalue weighted by atomic mass is 9.94. The van der Waals surface area contributed by atoms with Gasteiger partial charge in [0, 0.05) is 17.3 Å². The monoisotopic (exact) mass is 390 g/mol. The number of nitrogens with one attached hydrogen (secondary N) is 1. The van der Waals surface area contributed by atoms with E-state index in [2.05, 4.69) is 10.2 Å². The number of hydrogen-bond donors (Lipinski definition) is 1. The van der Waals surface area contributed by atoms with Gasteiger partial charge >= 0.3 is 0 Å². The largest absolute Gasteiger partial charge is 0.459 e. The minimum atomic E-state index is -2.86. The van der Waals surface area contributed by atoms with Crippen molar-refractivity contribution in [1.29, 1.82) is 0 Å². The Kier molecular flexibility index (Phi) is 4.99.